The Hall–Kier alpha value is -2.61. The van der Waals surface area contributed by atoms with Crippen LogP contribution in [-0.2, 0) is 7.05 Å². The molecule has 0 unspecified atom stereocenters. The van der Waals surface area contributed by atoms with Gasteiger partial charge < -0.3 is 0 Å². The molecule has 0 fully saturated rings. The Morgan fingerprint density at radius 2 is 1.90 bits per heavy atom. The van der Waals surface area contributed by atoms with Crippen LogP contribution in [-0.4, -0.2) is 24.7 Å². The Labute approximate surface area is 115 Å². The number of aromatic nitrogens is 5. The van der Waals surface area contributed by atoms with E-state index in [2.05, 4.69) is 20.1 Å². The fourth-order valence-electron chi connectivity index (χ4n) is 1.83. The van der Waals surface area contributed by atoms with Gasteiger partial charge in [0, 0.05) is 18.6 Å². The second kappa shape index (κ2) is 4.49. The molecule has 20 heavy (non-hydrogen) atoms. The first kappa shape index (κ1) is 12.4. The number of hydrogen-bond acceptors (Lipinski definition) is 4. The zero-order chi connectivity index (χ0) is 14.3. The maximum Gasteiger partial charge on any atom is 0.329 e. The molecule has 0 saturated heterocycles. The summed E-state index contributed by atoms with van der Waals surface area (Å²) in [6.45, 7) is 0. The number of nitrogens with zero attached hydrogens (tertiary/aromatic N) is 3. The van der Waals surface area contributed by atoms with Gasteiger partial charge in [-0.1, -0.05) is 11.6 Å². The molecule has 0 aliphatic rings. The summed E-state index contributed by atoms with van der Waals surface area (Å²) < 4.78 is 1.66. The molecular weight excluding hydrogens is 284 g/mol. The summed E-state index contributed by atoms with van der Waals surface area (Å²) in [5, 5.41) is 5.44. The highest BCUT2D eigenvalue weighted by molar-refractivity contribution is 6.33. The van der Waals surface area contributed by atoms with E-state index < -0.39 is 11.4 Å². The molecule has 0 atom stereocenters. The number of hydrogen-bond donors (Lipinski definition) is 3. The summed E-state index contributed by atoms with van der Waals surface area (Å²) >= 11 is 6.11. The van der Waals surface area contributed by atoms with Crippen LogP contribution in [0.25, 0.3) is 10.9 Å². The summed E-state index contributed by atoms with van der Waals surface area (Å²) in [6.07, 6.45) is 1.81. The van der Waals surface area contributed by atoms with Crippen molar-refractivity contribution in [3.05, 3.63) is 49.9 Å². The number of fused-ring (bicyclic) bond motifs is 1. The molecule has 102 valence electrons. The predicted octanol–water partition coefficient (Wildman–Crippen LogP) is 0.164. The highest BCUT2D eigenvalue weighted by atomic mass is 35.5. The lowest BCUT2D eigenvalue weighted by molar-refractivity contribution is 0.780. The molecule has 2 aromatic heterocycles. The van der Waals surface area contributed by atoms with Gasteiger partial charge in [0.05, 0.1) is 16.2 Å². The summed E-state index contributed by atoms with van der Waals surface area (Å²) in [7, 11) is 1.80. The second-order valence-electron chi connectivity index (χ2n) is 4.16. The number of nitrogens with one attached hydrogen (secondary N) is 3. The summed E-state index contributed by atoms with van der Waals surface area (Å²) in [4.78, 5) is 33.2. The summed E-state index contributed by atoms with van der Waals surface area (Å²) in [5.41, 5.74) is -0.120. The van der Waals surface area contributed by atoms with E-state index in [1.807, 2.05) is 11.2 Å². The quantitative estimate of drug-likeness (QED) is 0.594. The molecule has 0 amide bonds. The molecule has 0 radical (unpaired) electrons. The molecule has 2 heterocycles. The number of halogens is 1. The van der Waals surface area contributed by atoms with Crippen molar-refractivity contribution in [2.45, 2.75) is 0 Å². The predicted molar refractivity (Wildman–Crippen MR) is 73.0 cm³/mol. The molecule has 9 heteroatoms. The van der Waals surface area contributed by atoms with Gasteiger partial charge in [-0.3, -0.25) is 19.6 Å². The van der Waals surface area contributed by atoms with Crippen LogP contribution in [0.4, 0.5) is 5.69 Å². The molecular formula is C11H9ClN6O2. The Kier molecular flexibility index (Phi) is 2.79. The van der Waals surface area contributed by atoms with Gasteiger partial charge in [0.2, 0.25) is 5.62 Å². The van der Waals surface area contributed by atoms with Crippen LogP contribution >= 0.6 is 11.6 Å². The second-order valence-corrected chi connectivity index (χ2v) is 4.57. The van der Waals surface area contributed by atoms with Crippen molar-refractivity contribution in [1.29, 1.82) is 0 Å². The summed E-state index contributed by atoms with van der Waals surface area (Å²) in [6, 6.07) is 3.39. The molecule has 3 N–H and O–H groups in total. The smallest absolute Gasteiger partial charge is 0.277 e. The van der Waals surface area contributed by atoms with Crippen molar-refractivity contribution in [2.75, 3.05) is 0 Å². The minimum absolute atomic E-state index is 0.0175. The van der Waals surface area contributed by atoms with Gasteiger partial charge in [-0.25, -0.2) is 14.6 Å². The fourth-order valence-corrected chi connectivity index (χ4v) is 2.03. The number of H-pyrrole nitrogens is 3. The Morgan fingerprint density at radius 3 is 2.60 bits per heavy atom. The molecule has 3 rings (SSSR count). The zero-order valence-electron chi connectivity index (χ0n) is 10.3. The van der Waals surface area contributed by atoms with Crippen LogP contribution in [0.3, 0.4) is 0 Å². The molecule has 0 aliphatic heterocycles. The van der Waals surface area contributed by atoms with Crippen LogP contribution in [0, 0.1) is 0 Å². The number of aryl methyl sites for hydroxylation is 1. The molecule has 8 nitrogen and oxygen atoms in total. The van der Waals surface area contributed by atoms with E-state index in [1.54, 1.807) is 23.9 Å². The summed E-state index contributed by atoms with van der Waals surface area (Å²) in [5.74, 6) is 0. The third-order valence-corrected chi connectivity index (χ3v) is 2.91. The average molecular weight is 293 g/mol. The van der Waals surface area contributed by atoms with E-state index in [0.717, 1.165) is 10.9 Å². The van der Waals surface area contributed by atoms with Crippen LogP contribution in [0.5, 0.6) is 0 Å². The van der Waals surface area contributed by atoms with Gasteiger partial charge in [0.25, 0.3) is 0 Å². The van der Waals surface area contributed by atoms with Crippen molar-refractivity contribution in [3.63, 3.8) is 0 Å². The Balaban J connectivity index is 2.25. The van der Waals surface area contributed by atoms with E-state index in [1.165, 1.54) is 0 Å². The number of aromatic amines is 3. The Morgan fingerprint density at radius 1 is 1.20 bits per heavy atom. The normalized spacial score (nSPS) is 10.9. The van der Waals surface area contributed by atoms with E-state index in [0.29, 0.717) is 10.7 Å². The maximum atomic E-state index is 11.2. The highest BCUT2D eigenvalue weighted by Crippen LogP contribution is 2.29. The van der Waals surface area contributed by atoms with Crippen molar-refractivity contribution < 1.29 is 0 Å². The number of benzene rings is 1. The monoisotopic (exact) mass is 292 g/mol. The lowest BCUT2D eigenvalue weighted by Gasteiger charge is -1.97. The lowest BCUT2D eigenvalue weighted by Crippen LogP contribution is -2.35. The van der Waals surface area contributed by atoms with Crippen molar-refractivity contribution in [3.8, 4) is 0 Å². The van der Waals surface area contributed by atoms with Gasteiger partial charge in [-0.2, -0.15) is 5.10 Å². The first-order chi connectivity index (χ1) is 9.51. The van der Waals surface area contributed by atoms with Gasteiger partial charge in [0.1, 0.15) is 0 Å². The molecule has 0 saturated carbocycles. The van der Waals surface area contributed by atoms with Crippen molar-refractivity contribution >= 4 is 28.2 Å². The maximum absolute atomic E-state index is 11.2. The van der Waals surface area contributed by atoms with Crippen molar-refractivity contribution in [1.82, 2.24) is 24.7 Å². The van der Waals surface area contributed by atoms with Crippen LogP contribution < -0.4 is 17.0 Å². The highest BCUT2D eigenvalue weighted by Gasteiger charge is 2.05. The standard InChI is InChI=1S/C11H9ClN6O2/c1-18-4-5-2-8(6(12)3-7(5)17-18)13-9-14-10(19)16-11(20)15-9/h2-4H,1H3,(H3,13,14,15,16,19,20). The Bertz CT molecular complexity index is 945. The lowest BCUT2D eigenvalue weighted by atomic mass is 10.2. The molecule has 0 spiro atoms. The first-order valence-corrected chi connectivity index (χ1v) is 5.99. The van der Waals surface area contributed by atoms with Crippen LogP contribution in [0.1, 0.15) is 0 Å². The van der Waals surface area contributed by atoms with Crippen molar-refractivity contribution in [2.24, 2.45) is 12.0 Å². The minimum Gasteiger partial charge on any atom is -0.277 e. The minimum atomic E-state index is -0.647. The molecule has 3 aromatic rings. The van der Waals surface area contributed by atoms with E-state index >= 15 is 0 Å². The van der Waals surface area contributed by atoms with E-state index in [4.69, 9.17) is 11.6 Å². The SMILES string of the molecule is Cn1cc2cc(N=c3[nH]c(=O)[nH]c(=O)[nH]3)c(Cl)cc2n1. The first-order valence-electron chi connectivity index (χ1n) is 5.62. The van der Waals surface area contributed by atoms with Gasteiger partial charge in [0.15, 0.2) is 0 Å². The van der Waals surface area contributed by atoms with Crippen LogP contribution in [0.15, 0.2) is 32.9 Å². The topological polar surface area (TPSA) is 112 Å². The number of rotatable bonds is 1. The average Bonchev–Trinajstić information content (AvgIpc) is 2.67. The fraction of sp³-hybridized carbons (Fsp3) is 0.0909. The third kappa shape index (κ3) is 2.28. The van der Waals surface area contributed by atoms with Gasteiger partial charge >= 0.3 is 11.4 Å². The largest absolute Gasteiger partial charge is 0.329 e. The zero-order valence-corrected chi connectivity index (χ0v) is 11.0. The molecule has 0 bridgehead atoms. The van der Waals surface area contributed by atoms with Gasteiger partial charge in [-0.05, 0) is 12.1 Å². The molecule has 0 aliphatic carbocycles. The van der Waals surface area contributed by atoms with Gasteiger partial charge in [-0.15, -0.1) is 0 Å². The third-order valence-electron chi connectivity index (χ3n) is 2.61. The van der Waals surface area contributed by atoms with Crippen LogP contribution in [0.2, 0.25) is 5.02 Å². The van der Waals surface area contributed by atoms with E-state index in [9.17, 15) is 9.59 Å². The van der Waals surface area contributed by atoms with E-state index in [-0.39, 0.29) is 5.62 Å². The molecule has 1 aromatic carbocycles.